The molecule has 42 heavy (non-hydrogen) atoms. The maximum Gasteiger partial charge on any atom is 0.481 e. The van der Waals surface area contributed by atoms with Crippen LogP contribution in [-0.2, 0) is 22.7 Å². The molecule has 246 valence electrons. The zero-order chi connectivity index (χ0) is 31.6. The Balaban J connectivity index is 0.000000456. The number of hydrogen-bond acceptors (Lipinski definition) is 11. The molecule has 0 spiro atoms. The van der Waals surface area contributed by atoms with Crippen LogP contribution < -0.4 is 11.4 Å². The third-order valence-electron chi connectivity index (χ3n) is 6.59. The van der Waals surface area contributed by atoms with Crippen LogP contribution in [0.5, 0.6) is 0 Å². The van der Waals surface area contributed by atoms with E-state index in [0.717, 1.165) is 17.2 Å². The normalized spacial score (nSPS) is 22.0. The lowest BCUT2D eigenvalue weighted by molar-refractivity contribution is -0.0541. The van der Waals surface area contributed by atoms with Gasteiger partial charge in [-0.1, -0.05) is 90.4 Å². The maximum atomic E-state index is 11.7. The number of nitrogen functional groups attached to an aromatic ring is 1. The number of nitrogens with zero attached hydrogens (tertiary/aromatic N) is 2. The molecule has 1 saturated heterocycles. The molecule has 0 saturated carbocycles. The smallest absolute Gasteiger partial charge is 0.396 e. The number of nitrogens with two attached hydrogens (primary N) is 1. The molecule has 2 rings (SSSR count). The fraction of sp³-hybridized carbons (Fsp3) is 0.840. The molecular weight excluding hydrogens is 596 g/mol. The van der Waals surface area contributed by atoms with E-state index in [1.165, 1.54) is 89.5 Å². The predicted octanol–water partition coefficient (Wildman–Crippen LogP) is 3.13. The second-order valence-corrected chi connectivity index (χ2v) is 13.1. The number of hydrogen-bond donors (Lipinski definition) is 7. The summed E-state index contributed by atoms with van der Waals surface area (Å²) >= 11 is 0. The number of aromatic nitrogens is 2. The van der Waals surface area contributed by atoms with E-state index in [1.807, 2.05) is 0 Å². The van der Waals surface area contributed by atoms with E-state index >= 15 is 0 Å². The first-order valence-corrected chi connectivity index (χ1v) is 17.5. The third kappa shape index (κ3) is 16.6. The summed E-state index contributed by atoms with van der Waals surface area (Å²) < 4.78 is 35.8. The Hall–Kier alpha value is -1.22. The number of aliphatic hydroxyl groups is 3. The van der Waals surface area contributed by atoms with E-state index < -0.39 is 52.5 Å². The first kappa shape index (κ1) is 38.8. The molecule has 1 fully saturated rings. The van der Waals surface area contributed by atoms with E-state index in [0.29, 0.717) is 6.61 Å². The van der Waals surface area contributed by atoms with Gasteiger partial charge >= 0.3 is 21.3 Å². The molecular formula is C25H49N3O12P2. The van der Waals surface area contributed by atoms with Crippen molar-refractivity contribution in [2.45, 2.75) is 121 Å². The first-order valence-electron chi connectivity index (χ1n) is 14.5. The van der Waals surface area contributed by atoms with Crippen LogP contribution in [0.4, 0.5) is 5.82 Å². The van der Waals surface area contributed by atoms with Crippen molar-refractivity contribution in [1.29, 1.82) is 0 Å². The SMILES string of the molecule is CCCCCCCCCCCCCCCCO.Nc1ccn([C@@H]2O[C@H](COP(=O)(O)OP(=O)(O)O)[C@@H](O)[C@H]2O)c(=O)n1. The van der Waals surface area contributed by atoms with Gasteiger partial charge in [0.1, 0.15) is 24.1 Å². The van der Waals surface area contributed by atoms with E-state index in [-0.39, 0.29) is 5.82 Å². The number of unbranched alkanes of at least 4 members (excludes halogenated alkanes) is 13. The number of rotatable bonds is 20. The first-order chi connectivity index (χ1) is 19.8. The van der Waals surface area contributed by atoms with E-state index in [4.69, 9.17) is 30.3 Å². The Morgan fingerprint density at radius 3 is 1.86 bits per heavy atom. The van der Waals surface area contributed by atoms with Gasteiger partial charge in [0, 0.05) is 12.8 Å². The van der Waals surface area contributed by atoms with Crippen LogP contribution >= 0.6 is 15.6 Å². The molecule has 1 aromatic rings. The minimum atomic E-state index is -5.30. The molecule has 1 aromatic heterocycles. The van der Waals surface area contributed by atoms with Crippen molar-refractivity contribution in [3.8, 4) is 0 Å². The number of aliphatic hydroxyl groups excluding tert-OH is 3. The van der Waals surface area contributed by atoms with Gasteiger partial charge < -0.3 is 40.5 Å². The van der Waals surface area contributed by atoms with Crippen LogP contribution in [0, 0.1) is 0 Å². The van der Waals surface area contributed by atoms with Crippen molar-refractivity contribution < 1.29 is 52.7 Å². The highest BCUT2D eigenvalue weighted by Gasteiger charge is 2.45. The average Bonchev–Trinajstić information content (AvgIpc) is 3.18. The highest BCUT2D eigenvalue weighted by atomic mass is 31.3. The molecule has 0 bridgehead atoms. The van der Waals surface area contributed by atoms with Crippen LogP contribution in [0.3, 0.4) is 0 Å². The summed E-state index contributed by atoms with van der Waals surface area (Å²) in [6.45, 7) is 1.78. The van der Waals surface area contributed by atoms with Crippen molar-refractivity contribution >= 4 is 21.5 Å². The van der Waals surface area contributed by atoms with Crippen LogP contribution in [0.1, 0.15) is 103 Å². The number of anilines is 1. The van der Waals surface area contributed by atoms with Crippen molar-refractivity contribution in [2.24, 2.45) is 0 Å². The van der Waals surface area contributed by atoms with Crippen molar-refractivity contribution in [3.63, 3.8) is 0 Å². The van der Waals surface area contributed by atoms with Gasteiger partial charge in [-0.25, -0.2) is 13.9 Å². The molecule has 0 amide bonds. The fourth-order valence-electron chi connectivity index (χ4n) is 4.35. The Labute approximate surface area is 246 Å². The van der Waals surface area contributed by atoms with Crippen molar-refractivity contribution in [3.05, 3.63) is 22.7 Å². The summed E-state index contributed by atoms with van der Waals surface area (Å²) in [5.41, 5.74) is 4.45. The lowest BCUT2D eigenvalue weighted by Crippen LogP contribution is -2.36. The largest absolute Gasteiger partial charge is 0.481 e. The molecule has 2 heterocycles. The molecule has 5 atom stereocenters. The monoisotopic (exact) mass is 645 g/mol. The molecule has 15 nitrogen and oxygen atoms in total. The van der Waals surface area contributed by atoms with E-state index in [9.17, 15) is 24.1 Å². The lowest BCUT2D eigenvalue weighted by Gasteiger charge is -2.17. The average molecular weight is 646 g/mol. The van der Waals surface area contributed by atoms with Crippen molar-refractivity contribution in [1.82, 2.24) is 9.55 Å². The molecule has 0 aliphatic carbocycles. The lowest BCUT2D eigenvalue weighted by atomic mass is 10.0. The second kappa shape index (κ2) is 20.7. The zero-order valence-electron chi connectivity index (χ0n) is 24.3. The van der Waals surface area contributed by atoms with Gasteiger partial charge in [-0.2, -0.15) is 9.29 Å². The molecule has 1 aliphatic heterocycles. The predicted molar refractivity (Wildman–Crippen MR) is 155 cm³/mol. The van der Waals surface area contributed by atoms with Gasteiger partial charge in [0.2, 0.25) is 0 Å². The zero-order valence-corrected chi connectivity index (χ0v) is 26.1. The highest BCUT2D eigenvalue weighted by Crippen LogP contribution is 2.57. The van der Waals surface area contributed by atoms with Crippen LogP contribution in [0.15, 0.2) is 17.1 Å². The molecule has 1 unspecified atom stereocenters. The van der Waals surface area contributed by atoms with E-state index in [2.05, 4.69) is 20.7 Å². The Morgan fingerprint density at radius 2 is 1.40 bits per heavy atom. The van der Waals surface area contributed by atoms with Gasteiger partial charge in [-0.15, -0.1) is 0 Å². The summed E-state index contributed by atoms with van der Waals surface area (Å²) in [6.07, 6.45) is 14.3. The fourth-order valence-corrected chi connectivity index (χ4v) is 5.95. The third-order valence-corrected chi connectivity index (χ3v) is 8.74. The number of phosphoric acid groups is 2. The topological polar surface area (TPSA) is 244 Å². The van der Waals surface area contributed by atoms with Gasteiger partial charge in [-0.3, -0.25) is 9.09 Å². The Kier molecular flexibility index (Phi) is 19.1. The van der Waals surface area contributed by atoms with E-state index in [1.54, 1.807) is 0 Å². The van der Waals surface area contributed by atoms with Crippen LogP contribution in [0.25, 0.3) is 0 Å². The molecule has 1 aliphatic rings. The second-order valence-electron chi connectivity index (χ2n) is 10.2. The number of ether oxygens (including phenoxy) is 1. The Morgan fingerprint density at radius 1 is 0.905 bits per heavy atom. The van der Waals surface area contributed by atoms with Gasteiger partial charge in [0.25, 0.3) is 0 Å². The summed E-state index contributed by atoms with van der Waals surface area (Å²) in [5.74, 6) is -0.0787. The molecule has 0 radical (unpaired) electrons. The van der Waals surface area contributed by atoms with Crippen molar-refractivity contribution in [2.75, 3.05) is 18.9 Å². The summed E-state index contributed by atoms with van der Waals surface area (Å²) in [6, 6.07) is 1.24. The van der Waals surface area contributed by atoms with Crippen LogP contribution in [0.2, 0.25) is 0 Å². The summed E-state index contributed by atoms with van der Waals surface area (Å²) in [5, 5.41) is 28.5. The minimum absolute atomic E-state index is 0.0787. The molecule has 8 N–H and O–H groups in total. The Bertz CT molecular complexity index is 1010. The van der Waals surface area contributed by atoms with Gasteiger partial charge in [0.05, 0.1) is 6.61 Å². The molecule has 17 heteroatoms. The van der Waals surface area contributed by atoms with Crippen LogP contribution in [-0.4, -0.2) is 71.1 Å². The summed E-state index contributed by atoms with van der Waals surface area (Å²) in [4.78, 5) is 41.3. The van der Waals surface area contributed by atoms with Gasteiger partial charge in [-0.05, 0) is 12.5 Å². The highest BCUT2D eigenvalue weighted by molar-refractivity contribution is 7.60. The minimum Gasteiger partial charge on any atom is -0.396 e. The van der Waals surface area contributed by atoms with Gasteiger partial charge in [0.15, 0.2) is 6.23 Å². The summed E-state index contributed by atoms with van der Waals surface area (Å²) in [7, 11) is -10.5. The number of phosphoric ester groups is 1. The molecule has 0 aromatic carbocycles. The quantitative estimate of drug-likeness (QED) is 0.0796. The maximum absolute atomic E-state index is 11.7. The standard InChI is InChI=1S/C16H34O.C9H15N3O11P2/c1-2-3-4-5-6-7-8-9-10-11-12-13-14-15-16-17;10-5-1-2-12(9(15)11-5)8-7(14)6(13)4(22-8)3-21-25(19,20)23-24(16,17)18/h17H,2-16H2,1H3;1-2,4,6-8,13-14H,3H2,(H,19,20)(H2,10,11,15)(H2,16,17,18)/t;4-,6-,7-,8-/m.1/s1.